The molecule has 4 nitrogen and oxygen atoms in total. The molecule has 81 valence electrons. The van der Waals surface area contributed by atoms with Crippen molar-refractivity contribution in [2.24, 2.45) is 0 Å². The third-order valence-corrected chi connectivity index (χ3v) is 1.85. The molecule has 1 aromatic carbocycles. The first-order valence-corrected chi connectivity index (χ1v) is 4.37. The highest BCUT2D eigenvalue weighted by atomic mass is 16.5. The van der Waals surface area contributed by atoms with Crippen LogP contribution in [0.5, 0.6) is 11.5 Å². The van der Waals surface area contributed by atoms with Gasteiger partial charge in [-0.2, -0.15) is 0 Å². The zero-order valence-corrected chi connectivity index (χ0v) is 8.78. The summed E-state index contributed by atoms with van der Waals surface area (Å²) in [5.41, 5.74) is 0.824. The summed E-state index contributed by atoms with van der Waals surface area (Å²) in [5, 5.41) is 0. The van der Waals surface area contributed by atoms with Crippen LogP contribution in [0.3, 0.4) is 0 Å². The maximum atomic E-state index is 10.5. The molecule has 0 atom stereocenters. The number of methoxy groups -OCH3 is 2. The van der Waals surface area contributed by atoms with Crippen molar-refractivity contribution in [1.29, 1.82) is 0 Å². The molecule has 15 heavy (non-hydrogen) atoms. The summed E-state index contributed by atoms with van der Waals surface area (Å²) in [6, 6.07) is 5.30. The van der Waals surface area contributed by atoms with Gasteiger partial charge >= 0.3 is 5.97 Å². The van der Waals surface area contributed by atoms with Crippen LogP contribution in [0, 0.1) is 6.92 Å². The smallest absolute Gasteiger partial charge is 0.306 e. The van der Waals surface area contributed by atoms with E-state index in [1.54, 1.807) is 32.4 Å². The minimum atomic E-state index is -0.551. The number of ether oxygens (including phenoxy) is 3. The monoisotopic (exact) mass is 209 g/mol. The van der Waals surface area contributed by atoms with Gasteiger partial charge in [-0.3, -0.25) is 4.79 Å². The molecular formula is C11H13O4. The van der Waals surface area contributed by atoms with Gasteiger partial charge in [-0.25, -0.2) is 0 Å². The Labute approximate surface area is 88.8 Å². The van der Waals surface area contributed by atoms with E-state index in [4.69, 9.17) is 14.2 Å². The van der Waals surface area contributed by atoms with Crippen LogP contribution >= 0.6 is 0 Å². The standard InChI is InChI=1S/C11H13O4/c1-8(12)15-7-9-4-5-10(13-2)11(6-9)14-3/h4-6H,1,7H2,2-3H3. The first-order chi connectivity index (χ1) is 7.17. The molecule has 0 fully saturated rings. The highest BCUT2D eigenvalue weighted by Crippen LogP contribution is 2.27. The van der Waals surface area contributed by atoms with Gasteiger partial charge < -0.3 is 14.2 Å². The average Bonchev–Trinajstić information content (AvgIpc) is 2.25. The van der Waals surface area contributed by atoms with Crippen molar-refractivity contribution in [1.82, 2.24) is 0 Å². The van der Waals surface area contributed by atoms with Gasteiger partial charge in [0.25, 0.3) is 0 Å². The number of esters is 1. The molecule has 0 spiro atoms. The van der Waals surface area contributed by atoms with E-state index in [0.29, 0.717) is 11.5 Å². The van der Waals surface area contributed by atoms with Crippen LogP contribution in [-0.4, -0.2) is 20.2 Å². The van der Waals surface area contributed by atoms with Crippen LogP contribution in [0.25, 0.3) is 0 Å². The summed E-state index contributed by atoms with van der Waals surface area (Å²) in [5.74, 6) is 0.696. The van der Waals surface area contributed by atoms with Gasteiger partial charge in [-0.05, 0) is 17.7 Å². The normalized spacial score (nSPS) is 9.53. The zero-order valence-electron chi connectivity index (χ0n) is 8.78. The van der Waals surface area contributed by atoms with Crippen molar-refractivity contribution in [3.05, 3.63) is 30.7 Å². The summed E-state index contributed by atoms with van der Waals surface area (Å²) in [7, 11) is 3.11. The Balaban J connectivity index is 2.78. The molecule has 0 aliphatic carbocycles. The Bertz CT molecular complexity index is 346. The SMILES string of the molecule is [CH2]C(=O)OCc1ccc(OC)c(OC)c1. The quantitative estimate of drug-likeness (QED) is 0.706. The molecule has 0 aliphatic heterocycles. The second-order valence-electron chi connectivity index (χ2n) is 2.85. The fourth-order valence-corrected chi connectivity index (χ4v) is 1.13. The molecule has 1 radical (unpaired) electrons. The van der Waals surface area contributed by atoms with Gasteiger partial charge in [-0.15, -0.1) is 0 Å². The molecule has 0 aromatic heterocycles. The summed E-state index contributed by atoms with van der Waals surface area (Å²) in [4.78, 5) is 10.5. The van der Waals surface area contributed by atoms with Gasteiger partial charge in [0.2, 0.25) is 0 Å². The number of rotatable bonds is 4. The molecule has 0 aliphatic rings. The van der Waals surface area contributed by atoms with Crippen LogP contribution in [0.1, 0.15) is 5.56 Å². The first kappa shape index (κ1) is 11.4. The van der Waals surface area contributed by atoms with Crippen molar-refractivity contribution < 1.29 is 19.0 Å². The Morgan fingerprint density at radius 2 is 1.93 bits per heavy atom. The lowest BCUT2D eigenvalue weighted by Crippen LogP contribution is -2.00. The third kappa shape index (κ3) is 3.16. The predicted octanol–water partition coefficient (Wildman–Crippen LogP) is 1.58. The van der Waals surface area contributed by atoms with E-state index in [1.165, 1.54) is 0 Å². The van der Waals surface area contributed by atoms with Crippen molar-refractivity contribution in [2.75, 3.05) is 14.2 Å². The molecule has 0 unspecified atom stereocenters. The van der Waals surface area contributed by atoms with Crippen molar-refractivity contribution in [3.63, 3.8) is 0 Å². The van der Waals surface area contributed by atoms with E-state index in [9.17, 15) is 4.79 Å². The molecule has 1 aromatic rings. The number of hydrogen-bond donors (Lipinski definition) is 0. The lowest BCUT2D eigenvalue weighted by molar-refractivity contribution is -0.139. The molecule has 1 rings (SSSR count). The summed E-state index contributed by atoms with van der Waals surface area (Å²) in [6.45, 7) is 3.30. The Hall–Kier alpha value is -1.71. The molecule has 0 N–H and O–H groups in total. The summed E-state index contributed by atoms with van der Waals surface area (Å²) >= 11 is 0. The van der Waals surface area contributed by atoms with Gasteiger partial charge in [0, 0.05) is 0 Å². The third-order valence-electron chi connectivity index (χ3n) is 1.85. The molecule has 4 heteroatoms. The molecule has 0 saturated carbocycles. The van der Waals surface area contributed by atoms with E-state index in [2.05, 4.69) is 6.92 Å². The Kier molecular flexibility index (Phi) is 3.97. The summed E-state index contributed by atoms with van der Waals surface area (Å²) < 4.78 is 14.9. The predicted molar refractivity (Wildman–Crippen MR) is 54.7 cm³/mol. The maximum absolute atomic E-state index is 10.5. The number of carbonyl (C=O) groups excluding carboxylic acids is 1. The maximum Gasteiger partial charge on any atom is 0.306 e. The molecular weight excluding hydrogens is 196 g/mol. The van der Waals surface area contributed by atoms with Crippen LogP contribution in [-0.2, 0) is 16.1 Å². The van der Waals surface area contributed by atoms with Gasteiger partial charge in [-0.1, -0.05) is 6.07 Å². The van der Waals surface area contributed by atoms with E-state index in [1.807, 2.05) is 0 Å². The molecule has 0 heterocycles. The Morgan fingerprint density at radius 1 is 1.27 bits per heavy atom. The van der Waals surface area contributed by atoms with E-state index < -0.39 is 5.97 Å². The van der Waals surface area contributed by atoms with Crippen LogP contribution in [0.2, 0.25) is 0 Å². The fraction of sp³-hybridized carbons (Fsp3) is 0.273. The van der Waals surface area contributed by atoms with E-state index in [0.717, 1.165) is 5.56 Å². The fourth-order valence-electron chi connectivity index (χ4n) is 1.13. The van der Waals surface area contributed by atoms with Crippen LogP contribution in [0.4, 0.5) is 0 Å². The van der Waals surface area contributed by atoms with E-state index in [-0.39, 0.29) is 6.61 Å². The average molecular weight is 209 g/mol. The second kappa shape index (κ2) is 5.24. The molecule has 0 saturated heterocycles. The van der Waals surface area contributed by atoms with Crippen molar-refractivity contribution in [2.45, 2.75) is 6.61 Å². The van der Waals surface area contributed by atoms with Crippen molar-refractivity contribution in [3.8, 4) is 11.5 Å². The van der Waals surface area contributed by atoms with Gasteiger partial charge in [0.1, 0.15) is 6.61 Å². The Morgan fingerprint density at radius 3 is 2.47 bits per heavy atom. The van der Waals surface area contributed by atoms with Crippen LogP contribution < -0.4 is 9.47 Å². The number of hydrogen-bond acceptors (Lipinski definition) is 4. The summed E-state index contributed by atoms with van der Waals surface area (Å²) in [6.07, 6.45) is 0. The number of carbonyl (C=O) groups is 1. The first-order valence-electron chi connectivity index (χ1n) is 4.37. The largest absolute Gasteiger partial charge is 0.493 e. The second-order valence-corrected chi connectivity index (χ2v) is 2.85. The minimum Gasteiger partial charge on any atom is -0.493 e. The molecule has 0 amide bonds. The van der Waals surface area contributed by atoms with Gasteiger partial charge in [0.15, 0.2) is 11.5 Å². The highest BCUT2D eigenvalue weighted by molar-refractivity contribution is 5.73. The highest BCUT2D eigenvalue weighted by Gasteiger charge is 2.05. The van der Waals surface area contributed by atoms with Crippen LogP contribution in [0.15, 0.2) is 18.2 Å². The van der Waals surface area contributed by atoms with E-state index >= 15 is 0 Å². The zero-order chi connectivity index (χ0) is 11.3. The lowest BCUT2D eigenvalue weighted by atomic mass is 10.2. The minimum absolute atomic E-state index is 0.183. The molecule has 0 bridgehead atoms. The number of benzene rings is 1. The topological polar surface area (TPSA) is 44.8 Å². The van der Waals surface area contributed by atoms with Crippen molar-refractivity contribution >= 4 is 5.97 Å². The van der Waals surface area contributed by atoms with Gasteiger partial charge in [0.05, 0.1) is 21.1 Å². The lowest BCUT2D eigenvalue weighted by Gasteiger charge is -2.09.